The predicted octanol–water partition coefficient (Wildman–Crippen LogP) is 1.78. The van der Waals surface area contributed by atoms with Crippen molar-refractivity contribution in [3.63, 3.8) is 0 Å². The number of amides is 1. The largest absolute Gasteiger partial charge is 0.333 e. The smallest absolute Gasteiger partial charge is 0.254 e. The van der Waals surface area contributed by atoms with Crippen LogP contribution in [0.4, 0.5) is 0 Å². The zero-order valence-corrected chi connectivity index (χ0v) is 12.1. The van der Waals surface area contributed by atoms with E-state index < -0.39 is 5.54 Å². The van der Waals surface area contributed by atoms with Crippen LogP contribution in [0.5, 0.6) is 0 Å². The van der Waals surface area contributed by atoms with Crippen LogP contribution in [0.15, 0.2) is 18.6 Å². The third kappa shape index (κ3) is 2.15. The molecule has 1 saturated carbocycles. The number of carbonyl (C=O) groups is 1. The lowest BCUT2D eigenvalue weighted by Crippen LogP contribution is -2.49. The first-order valence-electron chi connectivity index (χ1n) is 7.06. The number of nitriles is 1. The fourth-order valence-corrected chi connectivity index (χ4v) is 2.97. The number of imidazole rings is 1. The molecule has 0 saturated heterocycles. The van der Waals surface area contributed by atoms with Gasteiger partial charge in [-0.15, -0.1) is 0 Å². The molecular formula is C15H17N5O. The third-order valence-corrected chi connectivity index (χ3v) is 4.40. The highest BCUT2D eigenvalue weighted by molar-refractivity contribution is 5.97. The van der Waals surface area contributed by atoms with Gasteiger partial charge in [0.2, 0.25) is 0 Å². The molecule has 2 aromatic rings. The summed E-state index contributed by atoms with van der Waals surface area (Å²) in [6.45, 7) is 2.01. The zero-order chi connectivity index (χ0) is 15.0. The minimum atomic E-state index is -0.754. The van der Waals surface area contributed by atoms with Gasteiger partial charge in [-0.25, -0.2) is 9.97 Å². The van der Waals surface area contributed by atoms with E-state index in [1.807, 2.05) is 14.0 Å². The van der Waals surface area contributed by atoms with Gasteiger partial charge in [0.15, 0.2) is 5.65 Å². The highest BCUT2D eigenvalue weighted by atomic mass is 16.1. The third-order valence-electron chi connectivity index (χ3n) is 4.40. The molecule has 1 fully saturated rings. The van der Waals surface area contributed by atoms with Gasteiger partial charge in [0, 0.05) is 13.2 Å². The monoisotopic (exact) mass is 283 g/mol. The number of carbonyl (C=O) groups excluding carboxylic acids is 1. The molecule has 0 bridgehead atoms. The minimum absolute atomic E-state index is 0.165. The average Bonchev–Trinajstić information content (AvgIpc) is 3.03. The number of fused-ring (bicyclic) bond motifs is 1. The van der Waals surface area contributed by atoms with Crippen molar-refractivity contribution in [1.29, 1.82) is 5.26 Å². The molecule has 1 aliphatic rings. The van der Waals surface area contributed by atoms with Crippen molar-refractivity contribution in [2.75, 3.05) is 0 Å². The molecule has 108 valence electrons. The number of rotatable bonds is 2. The van der Waals surface area contributed by atoms with Gasteiger partial charge in [-0.05, 0) is 31.2 Å². The lowest BCUT2D eigenvalue weighted by atomic mass is 9.89. The molecule has 3 rings (SSSR count). The molecule has 0 radical (unpaired) electrons. The lowest BCUT2D eigenvalue weighted by Gasteiger charge is -2.27. The maximum absolute atomic E-state index is 12.4. The van der Waals surface area contributed by atoms with Gasteiger partial charge in [-0.3, -0.25) is 4.79 Å². The van der Waals surface area contributed by atoms with Gasteiger partial charge >= 0.3 is 0 Å². The minimum Gasteiger partial charge on any atom is -0.333 e. The van der Waals surface area contributed by atoms with Crippen molar-refractivity contribution in [1.82, 2.24) is 19.9 Å². The number of nitrogens with zero attached hydrogens (tertiary/aromatic N) is 4. The summed E-state index contributed by atoms with van der Waals surface area (Å²) in [4.78, 5) is 20.9. The first-order chi connectivity index (χ1) is 10.1. The van der Waals surface area contributed by atoms with Gasteiger partial charge < -0.3 is 9.88 Å². The Hall–Kier alpha value is -2.42. The van der Waals surface area contributed by atoms with Gasteiger partial charge in [0.1, 0.15) is 11.1 Å². The molecule has 0 aliphatic heterocycles. The van der Waals surface area contributed by atoms with E-state index in [1.54, 1.807) is 17.0 Å². The van der Waals surface area contributed by atoms with E-state index in [0.29, 0.717) is 17.5 Å². The average molecular weight is 283 g/mol. The zero-order valence-electron chi connectivity index (χ0n) is 12.1. The highest BCUT2D eigenvalue weighted by Gasteiger charge is 2.42. The lowest BCUT2D eigenvalue weighted by molar-refractivity contribution is 0.0906. The van der Waals surface area contributed by atoms with Gasteiger partial charge in [-0.2, -0.15) is 5.26 Å². The Kier molecular flexibility index (Phi) is 3.13. The highest BCUT2D eigenvalue weighted by Crippen LogP contribution is 2.35. The maximum Gasteiger partial charge on any atom is 0.254 e. The van der Waals surface area contributed by atoms with E-state index in [4.69, 9.17) is 0 Å². The molecule has 2 aromatic heterocycles. The molecule has 1 N–H and O–H groups in total. The van der Waals surface area contributed by atoms with Crippen molar-refractivity contribution in [3.8, 4) is 6.07 Å². The van der Waals surface area contributed by atoms with E-state index in [1.165, 1.54) is 6.20 Å². The SMILES string of the molecule is CC1CCCC1(C#N)NC(=O)c1cnc2c(c1)ncn2C. The number of aromatic nitrogens is 3. The molecule has 2 atom stereocenters. The normalized spacial score (nSPS) is 24.9. The van der Waals surface area contributed by atoms with Gasteiger partial charge in [0.05, 0.1) is 18.0 Å². The molecular weight excluding hydrogens is 266 g/mol. The summed E-state index contributed by atoms with van der Waals surface area (Å²) in [7, 11) is 1.85. The number of pyridine rings is 1. The Morgan fingerprint density at radius 1 is 1.57 bits per heavy atom. The predicted molar refractivity (Wildman–Crippen MR) is 77.3 cm³/mol. The summed E-state index contributed by atoms with van der Waals surface area (Å²) in [6.07, 6.45) is 5.83. The van der Waals surface area contributed by atoms with Crippen molar-refractivity contribution < 1.29 is 4.79 Å². The van der Waals surface area contributed by atoms with Crippen LogP contribution in [0.2, 0.25) is 0 Å². The van der Waals surface area contributed by atoms with Crippen LogP contribution in [0.3, 0.4) is 0 Å². The van der Waals surface area contributed by atoms with E-state index in [0.717, 1.165) is 18.5 Å². The van der Waals surface area contributed by atoms with Crippen molar-refractivity contribution in [2.24, 2.45) is 13.0 Å². The first kappa shape index (κ1) is 13.6. The molecule has 0 aromatic carbocycles. The molecule has 1 aliphatic carbocycles. The molecule has 0 spiro atoms. The molecule has 21 heavy (non-hydrogen) atoms. The summed E-state index contributed by atoms with van der Waals surface area (Å²) in [6, 6.07) is 4.01. The van der Waals surface area contributed by atoms with E-state index in [9.17, 15) is 10.1 Å². The van der Waals surface area contributed by atoms with E-state index in [2.05, 4.69) is 21.4 Å². The second-order valence-corrected chi connectivity index (χ2v) is 5.75. The molecule has 2 heterocycles. The summed E-state index contributed by atoms with van der Waals surface area (Å²) < 4.78 is 1.80. The summed E-state index contributed by atoms with van der Waals surface area (Å²) in [5.74, 6) is -0.0941. The number of hydrogen-bond acceptors (Lipinski definition) is 4. The van der Waals surface area contributed by atoms with Crippen molar-refractivity contribution in [2.45, 2.75) is 31.7 Å². The Bertz CT molecular complexity index is 744. The summed E-state index contributed by atoms with van der Waals surface area (Å²) in [5.41, 5.74) is 1.09. The summed E-state index contributed by atoms with van der Waals surface area (Å²) in [5, 5.41) is 12.4. The van der Waals surface area contributed by atoms with Gasteiger partial charge in [-0.1, -0.05) is 6.92 Å². The molecule has 6 heteroatoms. The maximum atomic E-state index is 12.4. The number of aryl methyl sites for hydroxylation is 1. The van der Waals surface area contributed by atoms with Crippen LogP contribution in [0, 0.1) is 17.2 Å². The molecule has 1 amide bonds. The first-order valence-corrected chi connectivity index (χ1v) is 7.06. The Balaban J connectivity index is 1.88. The van der Waals surface area contributed by atoms with Crippen LogP contribution in [-0.2, 0) is 7.05 Å². The second kappa shape index (κ2) is 4.85. The van der Waals surface area contributed by atoms with Crippen LogP contribution in [0.25, 0.3) is 11.2 Å². The molecule has 6 nitrogen and oxygen atoms in total. The molecule has 2 unspecified atom stereocenters. The van der Waals surface area contributed by atoms with Crippen molar-refractivity contribution in [3.05, 3.63) is 24.2 Å². The number of nitrogens with one attached hydrogen (secondary N) is 1. The Morgan fingerprint density at radius 3 is 3.05 bits per heavy atom. The second-order valence-electron chi connectivity index (χ2n) is 5.75. The number of hydrogen-bond donors (Lipinski definition) is 1. The fraction of sp³-hybridized carbons (Fsp3) is 0.467. The fourth-order valence-electron chi connectivity index (χ4n) is 2.97. The van der Waals surface area contributed by atoms with Crippen LogP contribution in [-0.4, -0.2) is 26.0 Å². The quantitative estimate of drug-likeness (QED) is 0.910. The Labute approximate surface area is 122 Å². The van der Waals surface area contributed by atoms with Crippen LogP contribution < -0.4 is 5.32 Å². The van der Waals surface area contributed by atoms with Gasteiger partial charge in [0.25, 0.3) is 5.91 Å². The van der Waals surface area contributed by atoms with Crippen molar-refractivity contribution >= 4 is 17.1 Å². The van der Waals surface area contributed by atoms with Crippen LogP contribution in [0.1, 0.15) is 36.5 Å². The topological polar surface area (TPSA) is 83.6 Å². The Morgan fingerprint density at radius 2 is 2.38 bits per heavy atom. The van der Waals surface area contributed by atoms with E-state index in [-0.39, 0.29) is 11.8 Å². The van der Waals surface area contributed by atoms with Crippen LogP contribution >= 0.6 is 0 Å². The standard InChI is InChI=1S/C15H17N5O/c1-10-4-3-5-15(10,8-16)19-14(21)11-6-12-13(17-7-11)20(2)9-18-12/h6-7,9-10H,3-5H2,1-2H3,(H,19,21). The summed E-state index contributed by atoms with van der Waals surface area (Å²) >= 11 is 0. The van der Waals surface area contributed by atoms with E-state index >= 15 is 0 Å².